The summed E-state index contributed by atoms with van der Waals surface area (Å²) in [5.41, 5.74) is 0.611. The van der Waals surface area contributed by atoms with Gasteiger partial charge in [0.25, 0.3) is 0 Å². The minimum Gasteiger partial charge on any atom is -0.393 e. The first-order valence-corrected chi connectivity index (χ1v) is 7.06. The van der Waals surface area contributed by atoms with E-state index in [9.17, 15) is 9.90 Å². The van der Waals surface area contributed by atoms with Crippen molar-refractivity contribution < 1.29 is 9.90 Å². The van der Waals surface area contributed by atoms with Gasteiger partial charge in [-0.1, -0.05) is 29.8 Å². The van der Waals surface area contributed by atoms with Gasteiger partial charge in [-0.15, -0.1) is 0 Å². The minimum atomic E-state index is -0.369. The molecule has 0 bridgehead atoms. The monoisotopic (exact) mass is 328 g/mol. The Morgan fingerprint density at radius 1 is 1.37 bits per heavy atom. The molecule has 4 nitrogen and oxygen atoms in total. The Hall–Kier alpha value is -1.07. The van der Waals surface area contributed by atoms with Crippen LogP contribution in [-0.4, -0.2) is 23.8 Å². The summed E-state index contributed by atoms with van der Waals surface area (Å²) >= 11 is 3.34. The molecule has 106 valence electrons. The van der Waals surface area contributed by atoms with Gasteiger partial charge < -0.3 is 15.7 Å². The van der Waals surface area contributed by atoms with Crippen molar-refractivity contribution >= 4 is 27.6 Å². The Morgan fingerprint density at radius 3 is 2.47 bits per heavy atom. The van der Waals surface area contributed by atoms with Gasteiger partial charge in [-0.2, -0.15) is 0 Å². The lowest BCUT2D eigenvalue weighted by atomic mass is 9.87. The summed E-state index contributed by atoms with van der Waals surface area (Å²) in [4.78, 5) is 11.7. The third-order valence-electron chi connectivity index (χ3n) is 2.68. The van der Waals surface area contributed by atoms with E-state index in [1.807, 2.05) is 38.1 Å². The third-order valence-corrected chi connectivity index (χ3v) is 3.21. The second-order valence-electron chi connectivity index (χ2n) is 5.53. The van der Waals surface area contributed by atoms with Gasteiger partial charge >= 0.3 is 6.03 Å². The number of amides is 2. The molecule has 1 aromatic rings. The molecule has 0 fully saturated rings. The van der Waals surface area contributed by atoms with Gasteiger partial charge in [0.2, 0.25) is 0 Å². The summed E-state index contributed by atoms with van der Waals surface area (Å²) in [6.07, 6.45) is 0.275. The Bertz CT molecular complexity index is 416. The minimum absolute atomic E-state index is 0.134. The fourth-order valence-electron chi connectivity index (χ4n) is 1.90. The molecule has 0 saturated heterocycles. The standard InChI is InChI=1S/C14H21BrN2O2/c1-10(18)8-14(2,3)9-16-13(19)17-12-6-4-11(15)5-7-12/h4-7,10,18H,8-9H2,1-3H3,(H2,16,17,19). The van der Waals surface area contributed by atoms with Crippen molar-refractivity contribution in [3.63, 3.8) is 0 Å². The van der Waals surface area contributed by atoms with E-state index in [2.05, 4.69) is 26.6 Å². The van der Waals surface area contributed by atoms with Crippen LogP contribution in [-0.2, 0) is 0 Å². The van der Waals surface area contributed by atoms with Crippen LogP contribution in [0.5, 0.6) is 0 Å². The van der Waals surface area contributed by atoms with Gasteiger partial charge in [-0.25, -0.2) is 4.79 Å². The molecule has 1 rings (SSSR count). The average molecular weight is 329 g/mol. The van der Waals surface area contributed by atoms with E-state index in [1.54, 1.807) is 6.92 Å². The number of anilines is 1. The van der Waals surface area contributed by atoms with Crippen LogP contribution in [0, 0.1) is 5.41 Å². The maximum Gasteiger partial charge on any atom is 0.319 e. The molecule has 19 heavy (non-hydrogen) atoms. The molecule has 0 aliphatic heterocycles. The van der Waals surface area contributed by atoms with Crippen molar-refractivity contribution in [2.75, 3.05) is 11.9 Å². The second kappa shape index (κ2) is 6.91. The summed E-state index contributed by atoms with van der Waals surface area (Å²) in [6, 6.07) is 7.15. The number of halogens is 1. The van der Waals surface area contributed by atoms with E-state index in [0.29, 0.717) is 13.0 Å². The quantitative estimate of drug-likeness (QED) is 0.776. The maximum atomic E-state index is 11.7. The first kappa shape index (κ1) is 16.0. The molecule has 1 atom stereocenters. The van der Waals surface area contributed by atoms with Crippen molar-refractivity contribution in [2.24, 2.45) is 5.41 Å². The molecule has 2 amide bonds. The fourth-order valence-corrected chi connectivity index (χ4v) is 2.16. The molecule has 0 aliphatic rings. The Balaban J connectivity index is 2.41. The normalized spacial score (nSPS) is 12.9. The largest absolute Gasteiger partial charge is 0.393 e. The third kappa shape index (κ3) is 6.59. The van der Waals surface area contributed by atoms with Crippen molar-refractivity contribution in [1.29, 1.82) is 0 Å². The lowest BCUT2D eigenvalue weighted by Gasteiger charge is -2.26. The first-order chi connectivity index (χ1) is 8.78. The molecule has 1 unspecified atom stereocenters. The molecule has 0 heterocycles. The zero-order valence-electron chi connectivity index (χ0n) is 11.5. The lowest BCUT2D eigenvalue weighted by Crippen LogP contribution is -2.38. The van der Waals surface area contributed by atoms with Gasteiger partial charge in [-0.3, -0.25) is 0 Å². The van der Waals surface area contributed by atoms with E-state index in [1.165, 1.54) is 0 Å². The highest BCUT2D eigenvalue weighted by Gasteiger charge is 2.20. The number of aliphatic hydroxyl groups is 1. The molecular weight excluding hydrogens is 308 g/mol. The molecule has 5 heteroatoms. The van der Waals surface area contributed by atoms with E-state index >= 15 is 0 Å². The topological polar surface area (TPSA) is 61.4 Å². The molecule has 0 saturated carbocycles. The Morgan fingerprint density at radius 2 is 1.95 bits per heavy atom. The summed E-state index contributed by atoms with van der Waals surface area (Å²) in [6.45, 7) is 6.29. The summed E-state index contributed by atoms with van der Waals surface area (Å²) in [5.74, 6) is 0. The average Bonchev–Trinajstić information content (AvgIpc) is 2.28. The highest BCUT2D eigenvalue weighted by Crippen LogP contribution is 2.21. The molecular formula is C14H21BrN2O2. The van der Waals surface area contributed by atoms with Gasteiger partial charge in [0.1, 0.15) is 0 Å². The highest BCUT2D eigenvalue weighted by molar-refractivity contribution is 9.10. The number of nitrogens with one attached hydrogen (secondary N) is 2. The van der Waals surface area contributed by atoms with Crippen molar-refractivity contribution in [1.82, 2.24) is 5.32 Å². The molecule has 0 spiro atoms. The summed E-state index contributed by atoms with van der Waals surface area (Å²) < 4.78 is 0.969. The molecule has 0 aromatic heterocycles. The number of benzene rings is 1. The van der Waals surface area contributed by atoms with Crippen LogP contribution in [0.25, 0.3) is 0 Å². The molecule has 0 aliphatic carbocycles. The number of rotatable bonds is 5. The van der Waals surface area contributed by atoms with Gasteiger partial charge in [-0.05, 0) is 43.0 Å². The van der Waals surface area contributed by atoms with Crippen molar-refractivity contribution in [2.45, 2.75) is 33.3 Å². The zero-order valence-corrected chi connectivity index (χ0v) is 13.1. The van der Waals surface area contributed by atoms with E-state index in [4.69, 9.17) is 0 Å². The van der Waals surface area contributed by atoms with Crippen molar-refractivity contribution in [3.8, 4) is 0 Å². The smallest absolute Gasteiger partial charge is 0.319 e. The van der Waals surface area contributed by atoms with E-state index < -0.39 is 0 Å². The van der Waals surface area contributed by atoms with E-state index in [-0.39, 0.29) is 17.6 Å². The van der Waals surface area contributed by atoms with Crippen LogP contribution >= 0.6 is 15.9 Å². The zero-order chi connectivity index (χ0) is 14.5. The fraction of sp³-hybridized carbons (Fsp3) is 0.500. The maximum absolute atomic E-state index is 11.7. The van der Waals surface area contributed by atoms with Crippen LogP contribution < -0.4 is 10.6 Å². The predicted octanol–water partition coefficient (Wildman–Crippen LogP) is 3.37. The number of urea groups is 1. The number of hydrogen-bond acceptors (Lipinski definition) is 2. The van der Waals surface area contributed by atoms with Crippen LogP contribution in [0.4, 0.5) is 10.5 Å². The van der Waals surface area contributed by atoms with Gasteiger partial charge in [0.15, 0.2) is 0 Å². The van der Waals surface area contributed by atoms with Gasteiger partial charge in [0.05, 0.1) is 6.10 Å². The van der Waals surface area contributed by atoms with Crippen LogP contribution in [0.15, 0.2) is 28.7 Å². The summed E-state index contributed by atoms with van der Waals surface area (Å²) in [5, 5.41) is 15.0. The SMILES string of the molecule is CC(O)CC(C)(C)CNC(=O)Nc1ccc(Br)cc1. The molecule has 0 radical (unpaired) electrons. The predicted molar refractivity (Wildman–Crippen MR) is 81.2 cm³/mol. The number of hydrogen-bond donors (Lipinski definition) is 3. The van der Waals surface area contributed by atoms with Crippen LogP contribution in [0.3, 0.4) is 0 Å². The van der Waals surface area contributed by atoms with Crippen LogP contribution in [0.2, 0.25) is 0 Å². The van der Waals surface area contributed by atoms with Crippen molar-refractivity contribution in [3.05, 3.63) is 28.7 Å². The van der Waals surface area contributed by atoms with E-state index in [0.717, 1.165) is 10.2 Å². The number of carbonyl (C=O) groups excluding carboxylic acids is 1. The molecule has 3 N–H and O–H groups in total. The molecule has 1 aromatic carbocycles. The number of carbonyl (C=O) groups is 1. The Labute approximate surface area is 122 Å². The van der Waals surface area contributed by atoms with Gasteiger partial charge in [0, 0.05) is 16.7 Å². The second-order valence-corrected chi connectivity index (χ2v) is 6.45. The van der Waals surface area contributed by atoms with Crippen LogP contribution in [0.1, 0.15) is 27.2 Å². The summed E-state index contributed by atoms with van der Waals surface area (Å²) in [7, 11) is 0. The lowest BCUT2D eigenvalue weighted by molar-refractivity contribution is 0.129. The number of aliphatic hydroxyl groups excluding tert-OH is 1. The first-order valence-electron chi connectivity index (χ1n) is 6.27. The Kier molecular flexibility index (Phi) is 5.82. The highest BCUT2D eigenvalue weighted by atomic mass is 79.9.